The van der Waals surface area contributed by atoms with Gasteiger partial charge in [0.05, 0.1) is 18.8 Å². The molecule has 0 aromatic heterocycles. The Kier molecular flexibility index (Phi) is 7.46. The van der Waals surface area contributed by atoms with Gasteiger partial charge in [0.15, 0.2) is 0 Å². The van der Waals surface area contributed by atoms with E-state index < -0.39 is 0 Å². The number of rotatable bonds is 7. The first kappa shape index (κ1) is 21.8. The Morgan fingerprint density at radius 2 is 1.77 bits per heavy atom. The van der Waals surface area contributed by atoms with Crippen molar-refractivity contribution in [2.75, 3.05) is 36.9 Å². The van der Waals surface area contributed by atoms with Crippen LogP contribution in [0.2, 0.25) is 0 Å². The summed E-state index contributed by atoms with van der Waals surface area (Å²) in [6, 6.07) is 13.4. The van der Waals surface area contributed by atoms with Crippen LogP contribution in [-0.2, 0) is 9.59 Å². The second-order valence-electron chi connectivity index (χ2n) is 7.82. The number of anilines is 2. The number of likely N-dealkylation sites (tertiary alicyclic amines) is 1. The van der Waals surface area contributed by atoms with Crippen LogP contribution in [-0.4, -0.2) is 43.0 Å². The minimum atomic E-state index is -0.0567. The molecule has 1 saturated heterocycles. The molecule has 0 radical (unpaired) electrons. The lowest BCUT2D eigenvalue weighted by atomic mass is 9.95. The summed E-state index contributed by atoms with van der Waals surface area (Å²) in [5.41, 5.74) is 3.90. The summed E-state index contributed by atoms with van der Waals surface area (Å²) in [5, 5.41) is 5.97. The predicted molar refractivity (Wildman–Crippen MR) is 120 cm³/mol. The van der Waals surface area contributed by atoms with Crippen molar-refractivity contribution in [3.63, 3.8) is 0 Å². The van der Waals surface area contributed by atoms with E-state index >= 15 is 0 Å². The number of carbonyl (C=O) groups is 2. The van der Waals surface area contributed by atoms with Crippen LogP contribution in [0.25, 0.3) is 0 Å². The Labute approximate surface area is 178 Å². The maximum atomic E-state index is 12.7. The average molecular weight is 410 g/mol. The van der Waals surface area contributed by atoms with Crippen LogP contribution in [0, 0.1) is 19.8 Å². The van der Waals surface area contributed by atoms with Crippen LogP contribution < -0.4 is 15.4 Å². The van der Waals surface area contributed by atoms with Gasteiger partial charge in [0.25, 0.3) is 0 Å². The summed E-state index contributed by atoms with van der Waals surface area (Å²) in [5.74, 6) is 0.626. The van der Waals surface area contributed by atoms with Crippen molar-refractivity contribution >= 4 is 23.2 Å². The second kappa shape index (κ2) is 10.3. The van der Waals surface area contributed by atoms with Crippen molar-refractivity contribution < 1.29 is 14.3 Å². The molecule has 3 rings (SSSR count). The van der Waals surface area contributed by atoms with Crippen molar-refractivity contribution in [1.29, 1.82) is 0 Å². The molecule has 6 heteroatoms. The fourth-order valence-corrected chi connectivity index (χ4v) is 3.66. The van der Waals surface area contributed by atoms with E-state index in [1.165, 1.54) is 5.56 Å². The molecule has 160 valence electrons. The number of nitrogens with one attached hydrogen (secondary N) is 2. The Balaban J connectivity index is 1.46. The van der Waals surface area contributed by atoms with Crippen LogP contribution >= 0.6 is 0 Å². The van der Waals surface area contributed by atoms with Gasteiger partial charge in [-0.2, -0.15) is 0 Å². The van der Waals surface area contributed by atoms with Gasteiger partial charge in [-0.3, -0.25) is 14.5 Å². The molecule has 0 atom stereocenters. The minimum Gasteiger partial charge on any atom is -0.492 e. The number of ether oxygens (including phenoxy) is 1. The van der Waals surface area contributed by atoms with E-state index in [0.29, 0.717) is 24.6 Å². The summed E-state index contributed by atoms with van der Waals surface area (Å²) in [6.45, 7) is 8.36. The molecule has 0 aliphatic carbocycles. The summed E-state index contributed by atoms with van der Waals surface area (Å²) in [4.78, 5) is 27.2. The summed E-state index contributed by atoms with van der Waals surface area (Å²) in [7, 11) is 0. The van der Waals surface area contributed by atoms with Crippen molar-refractivity contribution in [1.82, 2.24) is 4.90 Å². The van der Waals surface area contributed by atoms with Crippen molar-refractivity contribution in [3.8, 4) is 5.75 Å². The molecule has 6 nitrogen and oxygen atoms in total. The molecule has 2 amide bonds. The van der Waals surface area contributed by atoms with Gasteiger partial charge in [-0.1, -0.05) is 18.2 Å². The van der Waals surface area contributed by atoms with Gasteiger partial charge in [0, 0.05) is 11.6 Å². The number of carbonyl (C=O) groups excluding carboxylic acids is 2. The number of benzene rings is 2. The summed E-state index contributed by atoms with van der Waals surface area (Å²) < 4.78 is 5.58. The molecule has 2 aromatic rings. The number of aryl methyl sites for hydroxylation is 2. The standard InChI is InChI=1S/C24H31N3O3/c1-4-30-22-8-6-5-7-21(22)26-24(29)19-11-13-27(14-12-19)16-23(28)25-20-10-9-17(2)18(3)15-20/h5-10,15,19H,4,11-14,16H2,1-3H3,(H,25,28)(H,26,29). The van der Waals surface area contributed by atoms with Gasteiger partial charge >= 0.3 is 0 Å². The van der Waals surface area contributed by atoms with Crippen LogP contribution in [0.15, 0.2) is 42.5 Å². The largest absolute Gasteiger partial charge is 0.492 e. The van der Waals surface area contributed by atoms with Gasteiger partial charge in [0.1, 0.15) is 5.75 Å². The fourth-order valence-electron chi connectivity index (χ4n) is 3.66. The number of piperidine rings is 1. The van der Waals surface area contributed by atoms with E-state index in [1.54, 1.807) is 0 Å². The minimum absolute atomic E-state index is 0.0152. The fraction of sp³-hybridized carbons (Fsp3) is 0.417. The van der Waals surface area contributed by atoms with Gasteiger partial charge in [-0.15, -0.1) is 0 Å². The molecule has 0 bridgehead atoms. The maximum absolute atomic E-state index is 12.7. The number of amides is 2. The van der Waals surface area contributed by atoms with Crippen molar-refractivity contribution in [2.45, 2.75) is 33.6 Å². The highest BCUT2D eigenvalue weighted by Gasteiger charge is 2.26. The summed E-state index contributed by atoms with van der Waals surface area (Å²) >= 11 is 0. The van der Waals surface area contributed by atoms with Crippen molar-refractivity contribution in [3.05, 3.63) is 53.6 Å². The van der Waals surface area contributed by atoms with Crippen molar-refractivity contribution in [2.24, 2.45) is 5.92 Å². The zero-order chi connectivity index (χ0) is 21.5. The Morgan fingerprint density at radius 1 is 1.03 bits per heavy atom. The van der Waals surface area contributed by atoms with Gasteiger partial charge in [-0.25, -0.2) is 0 Å². The molecule has 0 saturated carbocycles. The average Bonchev–Trinajstić information content (AvgIpc) is 2.73. The zero-order valence-electron chi connectivity index (χ0n) is 18.0. The highest BCUT2D eigenvalue weighted by atomic mass is 16.5. The molecule has 0 unspecified atom stereocenters. The predicted octanol–water partition coefficient (Wildman–Crippen LogP) is 3.99. The molecular weight excluding hydrogens is 378 g/mol. The van der Waals surface area contributed by atoms with Gasteiger partial charge in [0.2, 0.25) is 11.8 Å². The zero-order valence-corrected chi connectivity index (χ0v) is 18.0. The third-order valence-corrected chi connectivity index (χ3v) is 5.56. The number of hydrogen-bond acceptors (Lipinski definition) is 4. The summed E-state index contributed by atoms with van der Waals surface area (Å²) in [6.07, 6.45) is 1.47. The quantitative estimate of drug-likeness (QED) is 0.725. The molecule has 30 heavy (non-hydrogen) atoms. The van der Waals surface area contributed by atoms with Crippen LogP contribution in [0.1, 0.15) is 30.9 Å². The Hall–Kier alpha value is -2.86. The number of para-hydroxylation sites is 2. The highest BCUT2D eigenvalue weighted by molar-refractivity contribution is 5.94. The molecule has 2 N–H and O–H groups in total. The normalized spacial score (nSPS) is 14.9. The van der Waals surface area contributed by atoms with E-state index in [1.807, 2.05) is 56.3 Å². The smallest absolute Gasteiger partial charge is 0.238 e. The Bertz CT molecular complexity index is 889. The molecule has 1 fully saturated rings. The molecule has 1 aliphatic rings. The number of nitrogens with zero attached hydrogens (tertiary/aromatic N) is 1. The molecule has 1 heterocycles. The first-order chi connectivity index (χ1) is 14.5. The maximum Gasteiger partial charge on any atom is 0.238 e. The number of hydrogen-bond donors (Lipinski definition) is 2. The molecule has 2 aromatic carbocycles. The Morgan fingerprint density at radius 3 is 2.47 bits per heavy atom. The molecule has 0 spiro atoms. The third kappa shape index (κ3) is 5.83. The molecule has 1 aliphatic heterocycles. The monoisotopic (exact) mass is 409 g/mol. The van der Waals surface area contributed by atoms with E-state index in [-0.39, 0.29) is 17.7 Å². The third-order valence-electron chi connectivity index (χ3n) is 5.56. The van der Waals surface area contributed by atoms with Crippen LogP contribution in [0.5, 0.6) is 5.75 Å². The second-order valence-corrected chi connectivity index (χ2v) is 7.82. The van der Waals surface area contributed by atoms with E-state index in [9.17, 15) is 9.59 Å². The van der Waals surface area contributed by atoms with E-state index in [4.69, 9.17) is 4.74 Å². The van der Waals surface area contributed by atoms with E-state index in [2.05, 4.69) is 22.5 Å². The first-order valence-corrected chi connectivity index (χ1v) is 10.6. The lowest BCUT2D eigenvalue weighted by Gasteiger charge is -2.30. The lowest BCUT2D eigenvalue weighted by Crippen LogP contribution is -2.41. The first-order valence-electron chi connectivity index (χ1n) is 10.6. The topological polar surface area (TPSA) is 70.7 Å². The highest BCUT2D eigenvalue weighted by Crippen LogP contribution is 2.26. The lowest BCUT2D eigenvalue weighted by molar-refractivity contribution is -0.121. The van der Waals surface area contributed by atoms with Gasteiger partial charge in [-0.05, 0) is 82.1 Å². The van der Waals surface area contributed by atoms with Crippen LogP contribution in [0.3, 0.4) is 0 Å². The van der Waals surface area contributed by atoms with Gasteiger partial charge < -0.3 is 15.4 Å². The SMILES string of the molecule is CCOc1ccccc1NC(=O)C1CCN(CC(=O)Nc2ccc(C)c(C)c2)CC1. The molecular formula is C24H31N3O3. The van der Waals surface area contributed by atoms with E-state index in [0.717, 1.165) is 37.2 Å². The van der Waals surface area contributed by atoms with Crippen LogP contribution in [0.4, 0.5) is 11.4 Å².